The number of rotatable bonds is 10. The lowest BCUT2D eigenvalue weighted by molar-refractivity contribution is 1.07. The van der Waals surface area contributed by atoms with Gasteiger partial charge in [0.05, 0.1) is 57.3 Å². The van der Waals surface area contributed by atoms with E-state index in [2.05, 4.69) is 160 Å². The van der Waals surface area contributed by atoms with Crippen LogP contribution in [0.25, 0.3) is 178 Å². The van der Waals surface area contributed by atoms with E-state index >= 15 is 0 Å². The predicted molar refractivity (Wildman–Crippen MR) is 384 cm³/mol. The van der Waals surface area contributed by atoms with Gasteiger partial charge in [-0.3, -0.25) is 0 Å². The molecule has 0 atom stereocenters. The standard InChI is InChI=1S/C41H25N5S.C40H24N6S/c1-4-11-27(12-5-1)35-25-36(43-41(42-35)30-15-8-3-9-16-30)28-21-19-26(20-22-28)31-17-10-18-32-37-33(23-24-34-40(37)46-47-45-34)38(44-39(31)32)29-13-6-2-7-14-29;1-4-11-26(12-5-1)35-32-23-24-33-37(46-47-45-33)34(32)31-18-10-17-30(36(31)41-35)25-19-21-29(22-20-25)40-43-38(27-13-6-2-7-14-27)42-39(44-40)28-15-8-3-9-16-28/h1-25H;1-24H. The summed E-state index contributed by atoms with van der Waals surface area (Å²) in [6, 6.07) is 101. The molecule has 0 aliphatic carbocycles. The lowest BCUT2D eigenvalue weighted by atomic mass is 9.94. The Labute approximate surface area is 547 Å². The smallest absolute Gasteiger partial charge is 0.164 e. The first kappa shape index (κ1) is 55.8. The molecule has 0 spiro atoms. The van der Waals surface area contributed by atoms with E-state index in [-0.39, 0.29) is 0 Å². The van der Waals surface area contributed by atoms with Gasteiger partial charge in [-0.1, -0.05) is 267 Å². The molecular formula is C81H49N11S2. The van der Waals surface area contributed by atoms with Crippen molar-refractivity contribution in [3.05, 3.63) is 297 Å². The first-order valence-electron chi connectivity index (χ1n) is 30.7. The van der Waals surface area contributed by atoms with Gasteiger partial charge in [-0.2, -0.15) is 17.5 Å². The van der Waals surface area contributed by atoms with Gasteiger partial charge in [-0.05, 0) is 41.5 Å². The van der Waals surface area contributed by atoms with Crippen molar-refractivity contribution in [3.8, 4) is 113 Å². The lowest BCUT2D eigenvalue weighted by Crippen LogP contribution is -2.00. The zero-order valence-electron chi connectivity index (χ0n) is 50.0. The van der Waals surface area contributed by atoms with E-state index in [0.717, 1.165) is 155 Å². The zero-order chi connectivity index (χ0) is 62.3. The molecule has 6 aromatic heterocycles. The topological polar surface area (TPSA) is 142 Å². The van der Waals surface area contributed by atoms with Crippen molar-refractivity contribution >= 4 is 88.9 Å². The van der Waals surface area contributed by atoms with E-state index in [0.29, 0.717) is 23.3 Å². The first-order valence-corrected chi connectivity index (χ1v) is 32.2. The van der Waals surface area contributed by atoms with Crippen molar-refractivity contribution in [2.24, 2.45) is 0 Å². The molecule has 13 heteroatoms. The summed E-state index contributed by atoms with van der Waals surface area (Å²) in [7, 11) is 0. The molecular weight excluding hydrogens is 1190 g/mol. The summed E-state index contributed by atoms with van der Waals surface area (Å²) in [6.45, 7) is 0. The fourth-order valence-electron chi connectivity index (χ4n) is 12.4. The number of para-hydroxylation sites is 2. The molecule has 0 radical (unpaired) electrons. The molecule has 0 bridgehead atoms. The molecule has 440 valence electrons. The van der Waals surface area contributed by atoms with Gasteiger partial charge in [-0.25, -0.2) is 34.9 Å². The molecule has 18 rings (SSSR count). The van der Waals surface area contributed by atoms with Gasteiger partial charge < -0.3 is 0 Å². The molecule has 0 unspecified atom stereocenters. The van der Waals surface area contributed by atoms with Gasteiger partial charge in [0.1, 0.15) is 22.1 Å². The van der Waals surface area contributed by atoms with Crippen molar-refractivity contribution in [1.82, 2.24) is 52.4 Å². The highest BCUT2D eigenvalue weighted by Gasteiger charge is 2.21. The quantitative estimate of drug-likeness (QED) is 0.121. The second-order valence-corrected chi connectivity index (χ2v) is 23.7. The van der Waals surface area contributed by atoms with Crippen LogP contribution in [-0.2, 0) is 0 Å². The van der Waals surface area contributed by atoms with Crippen LogP contribution >= 0.6 is 23.5 Å². The molecule has 11 nitrogen and oxygen atoms in total. The Hall–Kier alpha value is -12.3. The maximum absolute atomic E-state index is 5.35. The Balaban J connectivity index is 0.000000143. The van der Waals surface area contributed by atoms with Gasteiger partial charge >= 0.3 is 0 Å². The lowest BCUT2D eigenvalue weighted by Gasteiger charge is -2.14. The summed E-state index contributed by atoms with van der Waals surface area (Å²) in [4.78, 5) is 35.3. The van der Waals surface area contributed by atoms with E-state index in [4.69, 9.17) is 43.6 Å². The van der Waals surface area contributed by atoms with Gasteiger partial charge in [0, 0.05) is 88.0 Å². The van der Waals surface area contributed by atoms with Crippen LogP contribution in [0.5, 0.6) is 0 Å². The normalized spacial score (nSPS) is 11.4. The third-order valence-corrected chi connectivity index (χ3v) is 18.1. The maximum Gasteiger partial charge on any atom is 0.164 e. The molecule has 0 amide bonds. The number of hydrogen-bond donors (Lipinski definition) is 0. The number of benzene rings is 12. The van der Waals surface area contributed by atoms with Crippen LogP contribution in [-0.4, -0.2) is 52.4 Å². The molecule has 18 aromatic rings. The summed E-state index contributed by atoms with van der Waals surface area (Å²) in [5.41, 5.74) is 21.3. The number of hydrogen-bond acceptors (Lipinski definition) is 13. The van der Waals surface area contributed by atoms with Crippen molar-refractivity contribution in [1.29, 1.82) is 0 Å². The van der Waals surface area contributed by atoms with Gasteiger partial charge in [0.25, 0.3) is 0 Å². The van der Waals surface area contributed by atoms with Crippen LogP contribution in [0.4, 0.5) is 0 Å². The molecule has 0 aliphatic rings. The highest BCUT2D eigenvalue weighted by molar-refractivity contribution is 7.00. The van der Waals surface area contributed by atoms with Crippen molar-refractivity contribution in [2.75, 3.05) is 0 Å². The summed E-state index contributed by atoms with van der Waals surface area (Å²) in [6.07, 6.45) is 0. The zero-order valence-corrected chi connectivity index (χ0v) is 51.7. The Morgan fingerprint density at radius 1 is 0.202 bits per heavy atom. The molecule has 0 saturated heterocycles. The fraction of sp³-hybridized carbons (Fsp3) is 0. The molecule has 0 saturated carbocycles. The molecule has 0 fully saturated rings. The largest absolute Gasteiger partial charge is 0.246 e. The first-order chi connectivity index (χ1) is 46.6. The number of nitrogens with zero attached hydrogens (tertiary/aromatic N) is 11. The Kier molecular flexibility index (Phi) is 14.3. The summed E-state index contributed by atoms with van der Waals surface area (Å²) < 4.78 is 18.5. The minimum atomic E-state index is 0.621. The van der Waals surface area contributed by atoms with Crippen molar-refractivity contribution < 1.29 is 0 Å². The Morgan fingerprint density at radius 3 is 0.915 bits per heavy atom. The maximum atomic E-state index is 5.35. The second kappa shape index (κ2) is 24.2. The second-order valence-electron chi connectivity index (χ2n) is 22.7. The highest BCUT2D eigenvalue weighted by Crippen LogP contribution is 2.43. The minimum absolute atomic E-state index is 0.621. The molecule has 12 aromatic carbocycles. The van der Waals surface area contributed by atoms with Crippen LogP contribution in [0.15, 0.2) is 297 Å². The van der Waals surface area contributed by atoms with E-state index in [1.807, 2.05) is 146 Å². The monoisotopic (exact) mass is 1240 g/mol. The average Bonchev–Trinajstić information content (AvgIpc) is 1.06. The number of aromatic nitrogens is 11. The highest BCUT2D eigenvalue weighted by atomic mass is 32.1. The van der Waals surface area contributed by atoms with Gasteiger partial charge in [0.2, 0.25) is 0 Å². The minimum Gasteiger partial charge on any atom is -0.246 e. The van der Waals surface area contributed by atoms with Crippen LogP contribution in [0.2, 0.25) is 0 Å². The summed E-state index contributed by atoms with van der Waals surface area (Å²) in [5, 5.41) is 6.41. The fourth-order valence-corrected chi connectivity index (χ4v) is 13.5. The Bertz CT molecular complexity index is 5350. The van der Waals surface area contributed by atoms with Crippen LogP contribution in [0, 0.1) is 0 Å². The molecule has 0 aliphatic heterocycles. The molecule has 0 N–H and O–H groups in total. The van der Waals surface area contributed by atoms with Crippen LogP contribution < -0.4 is 0 Å². The van der Waals surface area contributed by atoms with Gasteiger partial charge in [-0.15, -0.1) is 0 Å². The SMILES string of the molecule is c1ccc(-c2cc(-c3ccc(-c4cccc5c4nc(-c4ccccc4)c4ccc6nsnc6c45)cc3)nc(-c3ccccc3)n2)cc1.c1ccc(-c2nc(-c3ccccc3)nc(-c3ccc(-c4cccc5c4nc(-c4ccccc4)c4ccc6nsnc6c45)cc3)n2)cc1. The van der Waals surface area contributed by atoms with Gasteiger partial charge in [0.15, 0.2) is 23.3 Å². The van der Waals surface area contributed by atoms with Crippen LogP contribution in [0.1, 0.15) is 0 Å². The number of pyridine rings is 2. The summed E-state index contributed by atoms with van der Waals surface area (Å²) >= 11 is 2.49. The predicted octanol–water partition coefficient (Wildman–Crippen LogP) is 20.4. The van der Waals surface area contributed by atoms with Crippen molar-refractivity contribution in [2.45, 2.75) is 0 Å². The van der Waals surface area contributed by atoms with E-state index in [9.17, 15) is 0 Å². The third kappa shape index (κ3) is 10.4. The number of fused-ring (bicyclic) bond motifs is 10. The van der Waals surface area contributed by atoms with E-state index < -0.39 is 0 Å². The summed E-state index contributed by atoms with van der Waals surface area (Å²) in [5.74, 6) is 2.60. The van der Waals surface area contributed by atoms with E-state index in [1.54, 1.807) is 0 Å². The van der Waals surface area contributed by atoms with Crippen LogP contribution in [0.3, 0.4) is 0 Å². The van der Waals surface area contributed by atoms with Crippen molar-refractivity contribution in [3.63, 3.8) is 0 Å². The Morgan fingerprint density at radius 2 is 0.521 bits per heavy atom. The molecule has 94 heavy (non-hydrogen) atoms. The average molecular weight is 1240 g/mol. The third-order valence-electron chi connectivity index (χ3n) is 17.0. The molecule has 6 heterocycles. The van der Waals surface area contributed by atoms with E-state index in [1.165, 1.54) is 23.5 Å².